The number of benzene rings is 1. The minimum absolute atomic E-state index is 0.0851. The summed E-state index contributed by atoms with van der Waals surface area (Å²) in [6.45, 7) is 0. The van der Waals surface area contributed by atoms with E-state index in [9.17, 15) is 9.90 Å². The van der Waals surface area contributed by atoms with E-state index in [1.165, 1.54) is 18.4 Å². The number of rotatable bonds is 3. The van der Waals surface area contributed by atoms with Crippen molar-refractivity contribution in [3.63, 3.8) is 0 Å². The second kappa shape index (κ2) is 7.57. The zero-order chi connectivity index (χ0) is 16.1. The van der Waals surface area contributed by atoms with Gasteiger partial charge in [0, 0.05) is 11.8 Å². The van der Waals surface area contributed by atoms with E-state index in [2.05, 4.69) is 42.5 Å². The summed E-state index contributed by atoms with van der Waals surface area (Å²) in [5.41, 5.74) is 0.608. The maximum atomic E-state index is 11.7. The van der Waals surface area contributed by atoms with Crippen LogP contribution in [0.3, 0.4) is 0 Å². The minimum Gasteiger partial charge on any atom is -0.506 e. The van der Waals surface area contributed by atoms with E-state index in [4.69, 9.17) is 16.6 Å². The van der Waals surface area contributed by atoms with Gasteiger partial charge in [0.25, 0.3) is 0 Å². The molecule has 0 fully saturated rings. The Balaban J connectivity index is 1.94. The Morgan fingerprint density at radius 3 is 2.59 bits per heavy atom. The Morgan fingerprint density at radius 1 is 1.32 bits per heavy atom. The van der Waals surface area contributed by atoms with Crippen molar-refractivity contribution in [1.29, 1.82) is 0 Å². The molecule has 0 radical (unpaired) electrons. The highest BCUT2D eigenvalue weighted by Crippen LogP contribution is 2.35. The second-order valence-corrected chi connectivity index (χ2v) is 6.20. The van der Waals surface area contributed by atoms with E-state index in [1.54, 1.807) is 24.3 Å². The highest BCUT2D eigenvalue weighted by Gasteiger charge is 2.08. The highest BCUT2D eigenvalue weighted by atomic mass is 79.9. The van der Waals surface area contributed by atoms with Gasteiger partial charge >= 0.3 is 0 Å². The highest BCUT2D eigenvalue weighted by molar-refractivity contribution is 9.11. The lowest BCUT2D eigenvalue weighted by Crippen LogP contribution is -2.32. The lowest BCUT2D eigenvalue weighted by atomic mass is 10.3. The maximum Gasteiger partial charge on any atom is 0.250 e. The topological polar surface area (TPSA) is 74.5 Å². The molecule has 0 unspecified atom stereocenters. The first-order valence-corrected chi connectivity index (χ1v) is 7.96. The van der Waals surface area contributed by atoms with Gasteiger partial charge in [-0.05, 0) is 74.4 Å². The van der Waals surface area contributed by atoms with E-state index < -0.39 is 0 Å². The van der Waals surface area contributed by atoms with Crippen LogP contribution in [0.4, 0.5) is 5.69 Å². The van der Waals surface area contributed by atoms with Gasteiger partial charge < -0.3 is 14.8 Å². The van der Waals surface area contributed by atoms with Gasteiger partial charge in [-0.15, -0.1) is 0 Å². The van der Waals surface area contributed by atoms with Crippen LogP contribution in [0.15, 0.2) is 50.0 Å². The van der Waals surface area contributed by atoms with E-state index in [0.29, 0.717) is 20.4 Å². The Kier molecular flexibility index (Phi) is 5.76. The SMILES string of the molecule is O=C(/C=C/c1ccco1)NC(=S)Nc1cc(Br)c(O)c(Br)c1. The fourth-order valence-corrected chi connectivity index (χ4v) is 2.90. The number of phenols is 1. The van der Waals surface area contributed by atoms with Crippen LogP contribution in [0.5, 0.6) is 5.75 Å². The summed E-state index contributed by atoms with van der Waals surface area (Å²) in [5, 5.41) is 15.1. The van der Waals surface area contributed by atoms with Crippen LogP contribution >= 0.6 is 44.1 Å². The predicted octanol–water partition coefficient (Wildman–Crippen LogP) is 4.04. The number of hydrogen-bond donors (Lipinski definition) is 3. The summed E-state index contributed by atoms with van der Waals surface area (Å²) in [7, 11) is 0. The number of aromatic hydroxyl groups is 1. The monoisotopic (exact) mass is 444 g/mol. The van der Waals surface area contributed by atoms with Crippen LogP contribution in [0, 0.1) is 0 Å². The number of carbonyl (C=O) groups excluding carboxylic acids is 1. The molecule has 0 atom stereocenters. The Hall–Kier alpha value is -1.64. The van der Waals surface area contributed by atoms with Gasteiger partial charge in [0.15, 0.2) is 5.11 Å². The first-order chi connectivity index (χ1) is 10.5. The molecule has 8 heteroatoms. The minimum atomic E-state index is -0.384. The molecular formula is C14H10Br2N2O3S. The summed E-state index contributed by atoms with van der Waals surface area (Å²) in [5.74, 6) is 0.271. The molecule has 1 heterocycles. The standard InChI is InChI=1S/C14H10Br2N2O3S/c15-10-6-8(7-11(16)13(10)20)17-14(22)18-12(19)4-3-9-2-1-5-21-9/h1-7,20H,(H2,17,18,19,22)/b4-3+. The first-order valence-electron chi connectivity index (χ1n) is 5.97. The molecule has 1 amide bonds. The van der Waals surface area contributed by atoms with Crippen LogP contribution < -0.4 is 10.6 Å². The fraction of sp³-hybridized carbons (Fsp3) is 0. The third-order valence-electron chi connectivity index (χ3n) is 2.45. The van der Waals surface area contributed by atoms with Gasteiger partial charge in [-0.25, -0.2) is 0 Å². The van der Waals surface area contributed by atoms with Gasteiger partial charge in [-0.3, -0.25) is 10.1 Å². The zero-order valence-corrected chi connectivity index (χ0v) is 15.0. The molecular weight excluding hydrogens is 436 g/mol. The number of nitrogens with one attached hydrogen (secondary N) is 2. The van der Waals surface area contributed by atoms with Crippen LogP contribution in [-0.4, -0.2) is 16.1 Å². The van der Waals surface area contributed by atoms with Crippen LogP contribution in [0.2, 0.25) is 0 Å². The van der Waals surface area contributed by atoms with E-state index in [1.807, 2.05) is 0 Å². The summed E-state index contributed by atoms with van der Waals surface area (Å²) in [6.07, 6.45) is 4.37. The average molecular weight is 446 g/mol. The molecule has 1 aromatic heterocycles. The number of carbonyl (C=O) groups is 1. The second-order valence-electron chi connectivity index (χ2n) is 4.08. The Labute approximate surface area is 148 Å². The molecule has 1 aromatic carbocycles. The Morgan fingerprint density at radius 2 is 2.00 bits per heavy atom. The van der Waals surface area contributed by atoms with Gasteiger partial charge in [0.05, 0.1) is 15.2 Å². The number of anilines is 1. The van der Waals surface area contributed by atoms with Crippen LogP contribution in [0.25, 0.3) is 6.08 Å². The van der Waals surface area contributed by atoms with Gasteiger partial charge in [0.1, 0.15) is 11.5 Å². The molecule has 114 valence electrons. The number of furan rings is 1. The van der Waals surface area contributed by atoms with Crippen molar-refractivity contribution in [3.05, 3.63) is 51.3 Å². The number of amides is 1. The summed E-state index contributed by atoms with van der Waals surface area (Å²) >= 11 is 11.5. The van der Waals surface area contributed by atoms with E-state index in [0.717, 1.165) is 0 Å². The zero-order valence-electron chi connectivity index (χ0n) is 11.0. The number of halogens is 2. The molecule has 0 aliphatic carbocycles. The van der Waals surface area contributed by atoms with E-state index in [-0.39, 0.29) is 16.8 Å². The number of thiocarbonyl (C=S) groups is 1. The molecule has 2 rings (SSSR count). The Bertz CT molecular complexity index is 707. The lowest BCUT2D eigenvalue weighted by Gasteiger charge is -2.10. The normalized spacial score (nSPS) is 10.6. The van der Waals surface area contributed by atoms with Gasteiger partial charge in [-0.1, -0.05) is 0 Å². The average Bonchev–Trinajstić information content (AvgIpc) is 2.95. The first kappa shape index (κ1) is 16.7. The van der Waals surface area contributed by atoms with Crippen molar-refractivity contribution in [3.8, 4) is 5.75 Å². The van der Waals surface area contributed by atoms with E-state index >= 15 is 0 Å². The molecule has 0 bridgehead atoms. The van der Waals surface area contributed by atoms with Gasteiger partial charge in [-0.2, -0.15) is 0 Å². The largest absolute Gasteiger partial charge is 0.506 e. The fourth-order valence-electron chi connectivity index (χ4n) is 1.50. The van der Waals surface area contributed by atoms with Gasteiger partial charge in [0.2, 0.25) is 5.91 Å². The summed E-state index contributed by atoms with van der Waals surface area (Å²) < 4.78 is 6.07. The smallest absolute Gasteiger partial charge is 0.250 e. The van der Waals surface area contributed by atoms with Crippen molar-refractivity contribution in [2.45, 2.75) is 0 Å². The molecule has 5 nitrogen and oxygen atoms in total. The molecule has 0 spiro atoms. The van der Waals surface area contributed by atoms with Crippen LogP contribution in [0.1, 0.15) is 5.76 Å². The third kappa shape index (κ3) is 4.69. The molecule has 2 aromatic rings. The lowest BCUT2D eigenvalue weighted by molar-refractivity contribution is -0.115. The van der Waals surface area contributed by atoms with Crippen LogP contribution in [-0.2, 0) is 4.79 Å². The van der Waals surface area contributed by atoms with Crippen molar-refractivity contribution in [1.82, 2.24) is 5.32 Å². The molecule has 0 saturated heterocycles. The molecule has 0 saturated carbocycles. The van der Waals surface area contributed by atoms with Crippen molar-refractivity contribution in [2.75, 3.05) is 5.32 Å². The predicted molar refractivity (Wildman–Crippen MR) is 95.6 cm³/mol. The summed E-state index contributed by atoms with van der Waals surface area (Å²) in [6, 6.07) is 6.73. The van der Waals surface area contributed by atoms with Crippen molar-refractivity contribution >= 4 is 66.9 Å². The van der Waals surface area contributed by atoms with Crippen molar-refractivity contribution in [2.24, 2.45) is 0 Å². The molecule has 0 aliphatic rings. The maximum absolute atomic E-state index is 11.7. The quantitative estimate of drug-likeness (QED) is 0.377. The summed E-state index contributed by atoms with van der Waals surface area (Å²) in [4.78, 5) is 11.7. The number of hydrogen-bond acceptors (Lipinski definition) is 4. The molecule has 22 heavy (non-hydrogen) atoms. The third-order valence-corrected chi connectivity index (χ3v) is 3.87. The molecule has 3 N–H and O–H groups in total. The number of phenolic OH excluding ortho intramolecular Hbond substituents is 1. The van der Waals surface area contributed by atoms with Crippen molar-refractivity contribution < 1.29 is 14.3 Å². The molecule has 0 aliphatic heterocycles.